The van der Waals surface area contributed by atoms with Crippen LogP contribution in [0.2, 0.25) is 0 Å². The van der Waals surface area contributed by atoms with Gasteiger partial charge < -0.3 is 9.47 Å². The van der Waals surface area contributed by atoms with Gasteiger partial charge in [0.05, 0.1) is 11.3 Å². The van der Waals surface area contributed by atoms with E-state index in [1.54, 1.807) is 11.1 Å². The molecule has 0 saturated carbocycles. The number of carbonyl (C=O) groups excluding carboxylic acids is 1. The van der Waals surface area contributed by atoms with E-state index < -0.39 is 0 Å². The summed E-state index contributed by atoms with van der Waals surface area (Å²) in [4.78, 5) is 27.1. The fourth-order valence-electron chi connectivity index (χ4n) is 3.06. The summed E-state index contributed by atoms with van der Waals surface area (Å²) in [5.41, 5.74) is 1.33. The average Bonchev–Trinajstić information content (AvgIpc) is 2.94. The summed E-state index contributed by atoms with van der Waals surface area (Å²) >= 11 is 0. The van der Waals surface area contributed by atoms with Crippen LogP contribution in [0.5, 0.6) is 0 Å². The molecule has 6 heteroatoms. The number of fused-ring (bicyclic) bond motifs is 1. The van der Waals surface area contributed by atoms with Gasteiger partial charge in [-0.2, -0.15) is 0 Å². The van der Waals surface area contributed by atoms with Crippen molar-refractivity contribution in [3.8, 4) is 0 Å². The van der Waals surface area contributed by atoms with Crippen molar-refractivity contribution in [3.05, 3.63) is 41.5 Å². The first-order chi connectivity index (χ1) is 10.5. The molecule has 0 radical (unpaired) electrons. The summed E-state index contributed by atoms with van der Waals surface area (Å²) in [6.45, 7) is 5.35. The van der Waals surface area contributed by atoms with Gasteiger partial charge in [0.2, 0.25) is 0 Å². The molecule has 1 aliphatic rings. The summed E-state index contributed by atoms with van der Waals surface area (Å²) in [7, 11) is 1.85. The van der Waals surface area contributed by atoms with Crippen LogP contribution >= 0.6 is 0 Å². The highest BCUT2D eigenvalue weighted by atomic mass is 16.2. The Hall–Kier alpha value is -2.24. The van der Waals surface area contributed by atoms with Gasteiger partial charge in [-0.25, -0.2) is 15.0 Å². The Morgan fingerprint density at radius 2 is 2.23 bits per heavy atom. The Morgan fingerprint density at radius 3 is 3.00 bits per heavy atom. The predicted octanol–water partition coefficient (Wildman–Crippen LogP) is 1.62. The maximum absolute atomic E-state index is 12.6. The molecule has 1 aliphatic heterocycles. The summed E-state index contributed by atoms with van der Waals surface area (Å²) in [6.07, 6.45) is 7.54. The molecule has 0 aliphatic carbocycles. The van der Waals surface area contributed by atoms with E-state index in [1.165, 1.54) is 0 Å². The molecule has 0 bridgehead atoms. The van der Waals surface area contributed by atoms with E-state index in [2.05, 4.69) is 19.5 Å². The lowest BCUT2D eigenvalue weighted by atomic mass is 9.98. The van der Waals surface area contributed by atoms with Gasteiger partial charge in [-0.3, -0.25) is 4.79 Å². The van der Waals surface area contributed by atoms with E-state index in [4.69, 9.17) is 0 Å². The van der Waals surface area contributed by atoms with Crippen LogP contribution in [0.25, 0.3) is 0 Å². The van der Waals surface area contributed by atoms with Crippen LogP contribution in [-0.2, 0) is 13.0 Å². The van der Waals surface area contributed by atoms with Crippen molar-refractivity contribution in [1.82, 2.24) is 24.4 Å². The molecule has 0 aromatic carbocycles. The molecule has 2 aromatic heterocycles. The maximum Gasteiger partial charge on any atom is 0.257 e. The number of amides is 1. The van der Waals surface area contributed by atoms with Crippen molar-refractivity contribution in [1.29, 1.82) is 0 Å². The third-order valence-electron chi connectivity index (χ3n) is 4.24. The highest BCUT2D eigenvalue weighted by Gasteiger charge is 2.23. The zero-order chi connectivity index (χ0) is 15.7. The number of nitrogens with zero attached hydrogens (tertiary/aromatic N) is 5. The van der Waals surface area contributed by atoms with E-state index >= 15 is 0 Å². The van der Waals surface area contributed by atoms with E-state index in [1.807, 2.05) is 33.3 Å². The second-order valence-corrected chi connectivity index (χ2v) is 6.00. The molecule has 3 heterocycles. The molecule has 2 aromatic rings. The lowest BCUT2D eigenvalue weighted by Gasteiger charge is -2.28. The minimum absolute atomic E-state index is 0.00562. The number of hydrogen-bond donors (Lipinski definition) is 0. The lowest BCUT2D eigenvalue weighted by molar-refractivity contribution is 0.0759. The summed E-state index contributed by atoms with van der Waals surface area (Å²) in [5, 5.41) is 0. The largest absolute Gasteiger partial charge is 0.341 e. The van der Waals surface area contributed by atoms with Gasteiger partial charge in [0, 0.05) is 45.1 Å². The smallest absolute Gasteiger partial charge is 0.257 e. The Bertz CT molecular complexity index is 694. The van der Waals surface area contributed by atoms with Crippen LogP contribution in [0.15, 0.2) is 18.6 Å². The van der Waals surface area contributed by atoms with Crippen LogP contribution in [-0.4, -0.2) is 43.9 Å². The zero-order valence-corrected chi connectivity index (χ0v) is 13.3. The Labute approximate surface area is 130 Å². The van der Waals surface area contributed by atoms with Crippen molar-refractivity contribution >= 4 is 5.91 Å². The van der Waals surface area contributed by atoms with E-state index in [0.29, 0.717) is 17.3 Å². The molecule has 0 fully saturated rings. The van der Waals surface area contributed by atoms with Crippen molar-refractivity contribution in [3.63, 3.8) is 0 Å². The Morgan fingerprint density at radius 1 is 1.41 bits per heavy atom. The highest BCUT2D eigenvalue weighted by Crippen LogP contribution is 2.20. The average molecular weight is 299 g/mol. The molecule has 1 amide bonds. The molecule has 1 atom stereocenters. The molecule has 22 heavy (non-hydrogen) atoms. The Kier molecular flexibility index (Phi) is 3.92. The number of rotatable bonds is 3. The number of imidazole rings is 1. The van der Waals surface area contributed by atoms with Crippen molar-refractivity contribution in [2.75, 3.05) is 13.6 Å². The number of aromatic nitrogens is 4. The molecule has 0 unspecified atom stereocenters. The number of aryl methyl sites for hydroxylation is 3. The van der Waals surface area contributed by atoms with Gasteiger partial charge in [0.25, 0.3) is 5.91 Å². The van der Waals surface area contributed by atoms with Gasteiger partial charge in [-0.05, 0) is 26.2 Å². The van der Waals surface area contributed by atoms with E-state index in [0.717, 1.165) is 37.4 Å². The van der Waals surface area contributed by atoms with Crippen LogP contribution in [0.3, 0.4) is 0 Å². The van der Waals surface area contributed by atoms with Crippen molar-refractivity contribution in [2.24, 2.45) is 5.92 Å². The predicted molar refractivity (Wildman–Crippen MR) is 82.5 cm³/mol. The Balaban J connectivity index is 1.67. The lowest BCUT2D eigenvalue weighted by Crippen LogP contribution is -2.35. The van der Waals surface area contributed by atoms with Crippen molar-refractivity contribution < 1.29 is 4.79 Å². The summed E-state index contributed by atoms with van der Waals surface area (Å²) in [6, 6.07) is 0. The molecule has 0 saturated heterocycles. The molecule has 116 valence electrons. The first kappa shape index (κ1) is 14.7. The van der Waals surface area contributed by atoms with Crippen molar-refractivity contribution in [2.45, 2.75) is 33.2 Å². The van der Waals surface area contributed by atoms with E-state index in [-0.39, 0.29) is 5.91 Å². The maximum atomic E-state index is 12.6. The minimum atomic E-state index is -0.00562. The SMILES string of the molecule is Cc1ncc(C(=O)N(C)C[C@H]2CCc3nccn3C2)c(C)n1. The van der Waals surface area contributed by atoms with Crippen LogP contribution < -0.4 is 0 Å². The van der Waals surface area contributed by atoms with Crippen LogP contribution in [0, 0.1) is 19.8 Å². The van der Waals surface area contributed by atoms with Crippen LogP contribution in [0.1, 0.15) is 34.1 Å². The molecule has 0 N–H and O–H groups in total. The molecule has 6 nitrogen and oxygen atoms in total. The van der Waals surface area contributed by atoms with Gasteiger partial charge in [0.1, 0.15) is 11.6 Å². The van der Waals surface area contributed by atoms with E-state index in [9.17, 15) is 4.79 Å². The molecule has 0 spiro atoms. The molecular weight excluding hydrogens is 278 g/mol. The fraction of sp³-hybridized carbons (Fsp3) is 0.500. The first-order valence-electron chi connectivity index (χ1n) is 7.60. The summed E-state index contributed by atoms with van der Waals surface area (Å²) in [5.74, 6) is 2.29. The fourth-order valence-corrected chi connectivity index (χ4v) is 3.06. The third-order valence-corrected chi connectivity index (χ3v) is 4.24. The van der Waals surface area contributed by atoms with Gasteiger partial charge in [-0.15, -0.1) is 0 Å². The van der Waals surface area contributed by atoms with Gasteiger partial charge in [0.15, 0.2) is 0 Å². The van der Waals surface area contributed by atoms with Gasteiger partial charge in [-0.1, -0.05) is 0 Å². The topological polar surface area (TPSA) is 63.9 Å². The zero-order valence-electron chi connectivity index (χ0n) is 13.3. The third kappa shape index (κ3) is 2.86. The van der Waals surface area contributed by atoms with Gasteiger partial charge >= 0.3 is 0 Å². The minimum Gasteiger partial charge on any atom is -0.341 e. The highest BCUT2D eigenvalue weighted by molar-refractivity contribution is 5.94. The second kappa shape index (κ2) is 5.87. The number of carbonyl (C=O) groups is 1. The second-order valence-electron chi connectivity index (χ2n) is 6.00. The summed E-state index contributed by atoms with van der Waals surface area (Å²) < 4.78 is 2.19. The standard InChI is InChI=1S/C16H21N5O/c1-11-14(8-18-12(2)19-11)16(22)20(3)9-13-4-5-15-17-6-7-21(15)10-13/h6-8,13H,4-5,9-10H2,1-3H3/t13-/m1/s1. The monoisotopic (exact) mass is 299 g/mol. The first-order valence-corrected chi connectivity index (χ1v) is 7.60. The number of hydrogen-bond acceptors (Lipinski definition) is 4. The quantitative estimate of drug-likeness (QED) is 0.864. The molecule has 3 rings (SSSR count). The van der Waals surface area contributed by atoms with Crippen LogP contribution in [0.4, 0.5) is 0 Å². The normalized spacial score (nSPS) is 17.1. The molecular formula is C16H21N5O.